The third-order valence-corrected chi connectivity index (χ3v) is 3.21. The Morgan fingerprint density at radius 1 is 1.40 bits per heavy atom. The monoisotopic (exact) mass is 205 g/mol. The molecule has 3 nitrogen and oxygen atoms in total. The zero-order valence-electron chi connectivity index (χ0n) is 8.35. The number of aliphatic carboxylic acids is 1. The second-order valence-electron chi connectivity index (χ2n) is 4.13. The number of carboxylic acid groups (broad SMARTS) is 1. The molecule has 1 saturated carbocycles. The van der Waals surface area contributed by atoms with E-state index in [1.54, 1.807) is 12.1 Å². The van der Waals surface area contributed by atoms with Gasteiger partial charge in [0.2, 0.25) is 0 Å². The number of carbonyl (C=O) groups excluding carboxylic acids is 1. The number of carboxylic acids is 1. The first-order valence-electron chi connectivity index (χ1n) is 5.10. The van der Waals surface area contributed by atoms with Crippen molar-refractivity contribution in [2.24, 2.45) is 0 Å². The largest absolute Gasteiger partial charge is 0.549 e. The lowest BCUT2D eigenvalue weighted by molar-refractivity contribution is -0.314. The van der Waals surface area contributed by atoms with Gasteiger partial charge in [0.05, 0.1) is 12.1 Å². The van der Waals surface area contributed by atoms with Crippen LogP contribution < -0.4 is 5.11 Å². The van der Waals surface area contributed by atoms with Gasteiger partial charge in [-0.1, -0.05) is 30.3 Å². The van der Waals surface area contributed by atoms with Crippen LogP contribution in [0, 0.1) is 0 Å². The molecule has 0 amide bonds. The summed E-state index contributed by atoms with van der Waals surface area (Å²) >= 11 is 0. The highest BCUT2D eigenvalue weighted by molar-refractivity contribution is 5.80. The normalized spacial score (nSPS) is 30.3. The van der Waals surface area contributed by atoms with Gasteiger partial charge in [-0.05, 0) is 24.8 Å². The van der Waals surface area contributed by atoms with Gasteiger partial charge in [0.15, 0.2) is 0 Å². The van der Waals surface area contributed by atoms with Crippen molar-refractivity contribution >= 4 is 5.97 Å². The second kappa shape index (κ2) is 3.66. The quantitative estimate of drug-likeness (QED) is 0.751. The third-order valence-electron chi connectivity index (χ3n) is 3.21. The Hall–Kier alpha value is -1.35. The maximum Gasteiger partial charge on any atom is 0.0552 e. The van der Waals surface area contributed by atoms with Crippen LogP contribution in [0.2, 0.25) is 0 Å². The lowest BCUT2D eigenvalue weighted by Crippen LogP contribution is -2.44. The van der Waals surface area contributed by atoms with Crippen LogP contribution in [-0.4, -0.2) is 17.2 Å². The minimum atomic E-state index is -1.08. The first-order chi connectivity index (χ1) is 7.15. The number of carbonyl (C=O) groups is 1. The van der Waals surface area contributed by atoms with Crippen LogP contribution in [0.25, 0.3) is 0 Å². The zero-order valence-corrected chi connectivity index (χ0v) is 8.35. The van der Waals surface area contributed by atoms with Crippen molar-refractivity contribution in [2.45, 2.75) is 30.8 Å². The fourth-order valence-electron chi connectivity index (χ4n) is 2.34. The first-order valence-corrected chi connectivity index (χ1v) is 5.10. The van der Waals surface area contributed by atoms with Crippen LogP contribution >= 0.6 is 0 Å². The minimum Gasteiger partial charge on any atom is -0.549 e. The Morgan fingerprint density at radius 3 is 2.53 bits per heavy atom. The Balaban J connectivity index is 2.41. The average Bonchev–Trinajstić information content (AvgIpc) is 2.63. The van der Waals surface area contributed by atoms with Crippen LogP contribution in [0.3, 0.4) is 0 Å². The predicted molar refractivity (Wildman–Crippen MR) is 53.0 cm³/mol. The SMILES string of the molecule is O=C([O-])[C@]1(c2ccccc2)CC[C@@H](O)C1. The van der Waals surface area contributed by atoms with E-state index in [9.17, 15) is 15.0 Å². The van der Waals surface area contributed by atoms with E-state index < -0.39 is 17.5 Å². The van der Waals surface area contributed by atoms with E-state index in [0.717, 1.165) is 5.56 Å². The van der Waals surface area contributed by atoms with Crippen LogP contribution in [0.5, 0.6) is 0 Å². The predicted octanol–water partition coefficient (Wildman–Crippen LogP) is 0.219. The summed E-state index contributed by atoms with van der Waals surface area (Å²) in [6, 6.07) is 9.04. The van der Waals surface area contributed by atoms with E-state index in [4.69, 9.17) is 0 Å². The van der Waals surface area contributed by atoms with Crippen LogP contribution in [0.1, 0.15) is 24.8 Å². The standard InChI is InChI=1S/C12H14O3/c13-10-6-7-12(8-10,11(14)15)9-4-2-1-3-5-9/h1-5,10,13H,6-8H2,(H,14,15)/p-1/t10-,12-/m1/s1. The van der Waals surface area contributed by atoms with Crippen LogP contribution in [-0.2, 0) is 10.2 Å². The maximum atomic E-state index is 11.2. The summed E-state index contributed by atoms with van der Waals surface area (Å²) in [6.45, 7) is 0. The van der Waals surface area contributed by atoms with E-state index in [1.807, 2.05) is 18.2 Å². The molecular weight excluding hydrogens is 192 g/mol. The van der Waals surface area contributed by atoms with Gasteiger partial charge in [0.1, 0.15) is 0 Å². The van der Waals surface area contributed by atoms with E-state index in [2.05, 4.69) is 0 Å². The Kier molecular flexibility index (Phi) is 2.49. The van der Waals surface area contributed by atoms with Gasteiger partial charge >= 0.3 is 0 Å². The van der Waals surface area contributed by atoms with Gasteiger partial charge in [-0.25, -0.2) is 0 Å². The molecule has 1 N–H and O–H groups in total. The first kappa shape index (κ1) is 10.2. The number of aliphatic hydroxyl groups excluding tert-OH is 1. The molecule has 3 heteroatoms. The van der Waals surface area contributed by atoms with Crippen molar-refractivity contribution in [2.75, 3.05) is 0 Å². The highest BCUT2D eigenvalue weighted by atomic mass is 16.4. The summed E-state index contributed by atoms with van der Waals surface area (Å²) in [5.41, 5.74) is -0.248. The number of rotatable bonds is 2. The van der Waals surface area contributed by atoms with E-state index in [-0.39, 0.29) is 6.42 Å². The molecule has 1 aromatic rings. The summed E-state index contributed by atoms with van der Waals surface area (Å²) in [6.07, 6.45) is 0.728. The minimum absolute atomic E-state index is 0.263. The van der Waals surface area contributed by atoms with Crippen molar-refractivity contribution in [1.29, 1.82) is 0 Å². The molecule has 1 fully saturated rings. The summed E-state index contributed by atoms with van der Waals surface area (Å²) in [5, 5.41) is 20.7. The van der Waals surface area contributed by atoms with Crippen molar-refractivity contribution in [1.82, 2.24) is 0 Å². The molecule has 15 heavy (non-hydrogen) atoms. The highest BCUT2D eigenvalue weighted by Crippen LogP contribution is 2.40. The summed E-state index contributed by atoms with van der Waals surface area (Å²) < 4.78 is 0. The van der Waals surface area contributed by atoms with Gasteiger partial charge in [-0.15, -0.1) is 0 Å². The second-order valence-corrected chi connectivity index (χ2v) is 4.13. The van der Waals surface area contributed by atoms with E-state index in [0.29, 0.717) is 12.8 Å². The number of hydrogen-bond donors (Lipinski definition) is 1. The molecule has 2 atom stereocenters. The Morgan fingerprint density at radius 2 is 2.07 bits per heavy atom. The summed E-state index contributed by atoms with van der Waals surface area (Å²) in [7, 11) is 0. The molecule has 1 aromatic carbocycles. The molecule has 0 bridgehead atoms. The van der Waals surface area contributed by atoms with E-state index in [1.165, 1.54) is 0 Å². The van der Waals surface area contributed by atoms with Crippen molar-refractivity contribution in [3.63, 3.8) is 0 Å². The smallest absolute Gasteiger partial charge is 0.0552 e. The molecule has 2 rings (SSSR count). The van der Waals surface area contributed by atoms with Gasteiger partial charge in [0, 0.05) is 5.41 Å². The molecule has 0 unspecified atom stereocenters. The molecule has 0 aliphatic heterocycles. The summed E-state index contributed by atoms with van der Waals surface area (Å²) in [5.74, 6) is -1.08. The van der Waals surface area contributed by atoms with Gasteiger partial charge in [-0.3, -0.25) is 0 Å². The lowest BCUT2D eigenvalue weighted by Gasteiger charge is -2.30. The third kappa shape index (κ3) is 1.63. The Labute approximate surface area is 88.4 Å². The van der Waals surface area contributed by atoms with Gasteiger partial charge < -0.3 is 15.0 Å². The fourth-order valence-corrected chi connectivity index (χ4v) is 2.34. The zero-order chi connectivity index (χ0) is 10.9. The number of hydrogen-bond acceptors (Lipinski definition) is 3. The van der Waals surface area contributed by atoms with Gasteiger partial charge in [-0.2, -0.15) is 0 Å². The molecule has 80 valence electrons. The maximum absolute atomic E-state index is 11.2. The molecule has 0 spiro atoms. The van der Waals surface area contributed by atoms with E-state index >= 15 is 0 Å². The molecule has 1 aliphatic carbocycles. The topological polar surface area (TPSA) is 60.4 Å². The molecular formula is C12H13O3-. The van der Waals surface area contributed by atoms with Gasteiger partial charge in [0.25, 0.3) is 0 Å². The summed E-state index contributed by atoms with van der Waals surface area (Å²) in [4.78, 5) is 11.2. The molecule has 0 heterocycles. The van der Waals surface area contributed by atoms with Crippen molar-refractivity contribution in [3.05, 3.63) is 35.9 Å². The molecule has 0 aromatic heterocycles. The highest BCUT2D eigenvalue weighted by Gasteiger charge is 2.41. The van der Waals surface area contributed by atoms with Crippen LogP contribution in [0.4, 0.5) is 0 Å². The Bertz CT molecular complexity index is 360. The number of benzene rings is 1. The van der Waals surface area contributed by atoms with Crippen molar-refractivity contribution < 1.29 is 15.0 Å². The average molecular weight is 205 g/mol. The lowest BCUT2D eigenvalue weighted by atomic mass is 9.79. The molecule has 0 saturated heterocycles. The van der Waals surface area contributed by atoms with Crippen molar-refractivity contribution in [3.8, 4) is 0 Å². The number of aliphatic hydroxyl groups is 1. The fraction of sp³-hybridized carbons (Fsp3) is 0.417. The molecule has 0 radical (unpaired) electrons. The molecule has 1 aliphatic rings. The van der Waals surface area contributed by atoms with Crippen LogP contribution in [0.15, 0.2) is 30.3 Å².